The molecule has 7 heteroatoms. The lowest BCUT2D eigenvalue weighted by Gasteiger charge is -2.07. The summed E-state index contributed by atoms with van der Waals surface area (Å²) in [5.74, 6) is -0.461. The zero-order valence-corrected chi connectivity index (χ0v) is 15.2. The topological polar surface area (TPSA) is 83.7 Å². The highest BCUT2D eigenvalue weighted by Crippen LogP contribution is 2.14. The number of amides is 2. The molecule has 2 N–H and O–H groups in total. The predicted octanol–water partition coefficient (Wildman–Crippen LogP) is 4.34. The zero-order valence-electron chi connectivity index (χ0n) is 14.4. The standard InChI is InChI=1S/C20H16ClN3O3/c1-13(23-24-19(25)14-7-9-16(21)10-8-14)15-4-2-5-17(12-15)22-20(26)18-6-3-11-27-18/h2-12H,1H3,(H,22,26)(H,24,25)/b23-13+. The van der Waals surface area contributed by atoms with Gasteiger partial charge in [-0.3, -0.25) is 9.59 Å². The van der Waals surface area contributed by atoms with E-state index in [2.05, 4.69) is 15.8 Å². The Kier molecular flexibility index (Phi) is 5.68. The number of hydrogen-bond acceptors (Lipinski definition) is 4. The Morgan fingerprint density at radius 3 is 2.44 bits per heavy atom. The predicted molar refractivity (Wildman–Crippen MR) is 104 cm³/mol. The van der Waals surface area contributed by atoms with Gasteiger partial charge in [0.15, 0.2) is 5.76 Å². The van der Waals surface area contributed by atoms with Crippen molar-refractivity contribution in [1.82, 2.24) is 5.43 Å². The van der Waals surface area contributed by atoms with Crippen molar-refractivity contribution >= 4 is 34.8 Å². The summed E-state index contributed by atoms with van der Waals surface area (Å²) in [5, 5.41) is 7.42. The number of carbonyl (C=O) groups is 2. The van der Waals surface area contributed by atoms with Crippen LogP contribution in [0.1, 0.15) is 33.4 Å². The summed E-state index contributed by atoms with van der Waals surface area (Å²) in [6, 6.07) is 16.9. The van der Waals surface area contributed by atoms with Gasteiger partial charge < -0.3 is 9.73 Å². The minimum atomic E-state index is -0.345. The number of nitrogens with one attached hydrogen (secondary N) is 2. The Morgan fingerprint density at radius 2 is 1.74 bits per heavy atom. The molecule has 0 aliphatic carbocycles. The second kappa shape index (κ2) is 8.33. The van der Waals surface area contributed by atoms with E-state index in [0.717, 1.165) is 5.56 Å². The van der Waals surface area contributed by atoms with Crippen molar-refractivity contribution in [3.8, 4) is 0 Å². The maximum Gasteiger partial charge on any atom is 0.291 e. The minimum absolute atomic E-state index is 0.223. The molecule has 27 heavy (non-hydrogen) atoms. The van der Waals surface area contributed by atoms with E-state index in [1.54, 1.807) is 61.5 Å². The normalized spacial score (nSPS) is 11.1. The van der Waals surface area contributed by atoms with Gasteiger partial charge in [-0.05, 0) is 61.0 Å². The third kappa shape index (κ3) is 4.83. The Bertz CT molecular complexity index is 980. The van der Waals surface area contributed by atoms with Crippen LogP contribution in [0.3, 0.4) is 0 Å². The fraction of sp³-hybridized carbons (Fsp3) is 0.0500. The fourth-order valence-corrected chi connectivity index (χ4v) is 2.41. The SMILES string of the molecule is C/C(=N\NC(=O)c1ccc(Cl)cc1)c1cccc(NC(=O)c2ccco2)c1. The lowest BCUT2D eigenvalue weighted by atomic mass is 10.1. The summed E-state index contributed by atoms with van der Waals surface area (Å²) in [4.78, 5) is 24.2. The van der Waals surface area contributed by atoms with Gasteiger partial charge in [-0.2, -0.15) is 5.10 Å². The van der Waals surface area contributed by atoms with Crippen LogP contribution in [0.25, 0.3) is 0 Å². The van der Waals surface area contributed by atoms with Gasteiger partial charge in [-0.25, -0.2) is 5.43 Å². The highest BCUT2D eigenvalue weighted by atomic mass is 35.5. The van der Waals surface area contributed by atoms with Crippen molar-refractivity contribution in [3.05, 3.63) is 88.8 Å². The molecule has 3 rings (SSSR count). The number of nitrogens with zero attached hydrogens (tertiary/aromatic N) is 1. The van der Waals surface area contributed by atoms with E-state index >= 15 is 0 Å². The van der Waals surface area contributed by atoms with Crippen molar-refractivity contribution in [2.24, 2.45) is 5.10 Å². The number of anilines is 1. The van der Waals surface area contributed by atoms with Crippen LogP contribution in [0, 0.1) is 0 Å². The molecule has 0 fully saturated rings. The van der Waals surface area contributed by atoms with Crippen LogP contribution in [-0.2, 0) is 0 Å². The molecular weight excluding hydrogens is 366 g/mol. The first-order chi connectivity index (χ1) is 13.0. The van der Waals surface area contributed by atoms with Gasteiger partial charge in [-0.1, -0.05) is 23.7 Å². The average molecular weight is 382 g/mol. The number of hydrazone groups is 1. The smallest absolute Gasteiger partial charge is 0.291 e. The van der Waals surface area contributed by atoms with Gasteiger partial charge in [-0.15, -0.1) is 0 Å². The van der Waals surface area contributed by atoms with Crippen molar-refractivity contribution in [2.45, 2.75) is 6.92 Å². The van der Waals surface area contributed by atoms with E-state index in [4.69, 9.17) is 16.0 Å². The Labute approximate surface area is 160 Å². The molecule has 3 aromatic rings. The summed E-state index contributed by atoms with van der Waals surface area (Å²) in [6.07, 6.45) is 1.44. The van der Waals surface area contributed by atoms with Gasteiger partial charge in [0.05, 0.1) is 12.0 Å². The summed E-state index contributed by atoms with van der Waals surface area (Å²) < 4.78 is 5.07. The molecule has 0 bridgehead atoms. The maximum absolute atomic E-state index is 12.1. The van der Waals surface area contributed by atoms with Crippen LogP contribution in [-0.4, -0.2) is 17.5 Å². The molecule has 0 aliphatic rings. The molecule has 6 nitrogen and oxygen atoms in total. The first-order valence-corrected chi connectivity index (χ1v) is 8.46. The summed E-state index contributed by atoms with van der Waals surface area (Å²) >= 11 is 5.81. The molecule has 1 heterocycles. The zero-order chi connectivity index (χ0) is 19.2. The first-order valence-electron chi connectivity index (χ1n) is 8.08. The Hall–Kier alpha value is -3.38. The molecule has 0 spiro atoms. The largest absolute Gasteiger partial charge is 0.459 e. The van der Waals surface area contributed by atoms with E-state index < -0.39 is 0 Å². The van der Waals surface area contributed by atoms with E-state index in [0.29, 0.717) is 22.0 Å². The molecule has 2 aromatic carbocycles. The fourth-order valence-electron chi connectivity index (χ4n) is 2.29. The molecule has 0 saturated heterocycles. The summed E-state index contributed by atoms with van der Waals surface area (Å²) in [5.41, 5.74) is 4.89. The molecule has 0 saturated carbocycles. The molecule has 1 aromatic heterocycles. The van der Waals surface area contributed by atoms with Gasteiger partial charge in [0.1, 0.15) is 0 Å². The summed E-state index contributed by atoms with van der Waals surface area (Å²) in [7, 11) is 0. The second-order valence-corrected chi connectivity index (χ2v) is 6.09. The number of hydrogen-bond donors (Lipinski definition) is 2. The monoisotopic (exact) mass is 381 g/mol. The van der Waals surface area contributed by atoms with Crippen molar-refractivity contribution in [2.75, 3.05) is 5.32 Å². The van der Waals surface area contributed by atoms with E-state index in [1.165, 1.54) is 6.26 Å². The molecule has 0 aliphatic heterocycles. The lowest BCUT2D eigenvalue weighted by molar-refractivity contribution is 0.0953. The minimum Gasteiger partial charge on any atom is -0.459 e. The van der Waals surface area contributed by atoms with Gasteiger partial charge in [0, 0.05) is 16.3 Å². The lowest BCUT2D eigenvalue weighted by Crippen LogP contribution is -2.19. The Morgan fingerprint density at radius 1 is 0.963 bits per heavy atom. The number of carbonyl (C=O) groups excluding carboxylic acids is 2. The van der Waals surface area contributed by atoms with Crippen LogP contribution in [0.4, 0.5) is 5.69 Å². The van der Waals surface area contributed by atoms with Crippen LogP contribution >= 0.6 is 11.6 Å². The third-order valence-corrected chi connectivity index (χ3v) is 3.97. The molecule has 0 unspecified atom stereocenters. The molecule has 2 amide bonds. The van der Waals surface area contributed by atoms with Crippen LogP contribution in [0.15, 0.2) is 76.4 Å². The Balaban J connectivity index is 1.68. The molecule has 136 valence electrons. The van der Waals surface area contributed by atoms with Crippen LogP contribution in [0.5, 0.6) is 0 Å². The van der Waals surface area contributed by atoms with E-state index in [1.807, 2.05) is 6.07 Å². The van der Waals surface area contributed by atoms with Gasteiger partial charge in [0.2, 0.25) is 0 Å². The number of benzene rings is 2. The van der Waals surface area contributed by atoms with Crippen molar-refractivity contribution < 1.29 is 14.0 Å². The van der Waals surface area contributed by atoms with Gasteiger partial charge in [0.25, 0.3) is 11.8 Å². The van der Waals surface area contributed by atoms with E-state index in [-0.39, 0.29) is 17.6 Å². The van der Waals surface area contributed by atoms with Gasteiger partial charge >= 0.3 is 0 Å². The second-order valence-electron chi connectivity index (χ2n) is 5.66. The quantitative estimate of drug-likeness (QED) is 0.509. The van der Waals surface area contributed by atoms with Crippen molar-refractivity contribution in [3.63, 3.8) is 0 Å². The van der Waals surface area contributed by atoms with Crippen molar-refractivity contribution in [1.29, 1.82) is 0 Å². The summed E-state index contributed by atoms with van der Waals surface area (Å²) in [6.45, 7) is 1.76. The average Bonchev–Trinajstić information content (AvgIpc) is 3.21. The molecule has 0 radical (unpaired) electrons. The molecular formula is C20H16ClN3O3. The number of rotatable bonds is 5. The van der Waals surface area contributed by atoms with Crippen LogP contribution < -0.4 is 10.7 Å². The third-order valence-electron chi connectivity index (χ3n) is 3.71. The van der Waals surface area contributed by atoms with Crippen LogP contribution in [0.2, 0.25) is 5.02 Å². The molecule has 0 atom stereocenters. The highest BCUT2D eigenvalue weighted by Gasteiger charge is 2.10. The van der Waals surface area contributed by atoms with E-state index in [9.17, 15) is 9.59 Å². The number of halogens is 1. The maximum atomic E-state index is 12.1. The highest BCUT2D eigenvalue weighted by molar-refractivity contribution is 6.30. The first kappa shape index (κ1) is 18.4. The number of furan rings is 1.